The molecule has 4 aliphatic rings. The Balaban J connectivity index is 1.59. The van der Waals surface area contributed by atoms with Crippen molar-refractivity contribution in [2.24, 2.45) is 35.0 Å². The van der Waals surface area contributed by atoms with Gasteiger partial charge in [-0.3, -0.25) is 9.59 Å². The van der Waals surface area contributed by atoms with Crippen molar-refractivity contribution in [2.45, 2.75) is 13.3 Å². The van der Waals surface area contributed by atoms with Crippen LogP contribution in [0, 0.1) is 35.0 Å². The minimum absolute atomic E-state index is 0.119. The second-order valence-electron chi connectivity index (χ2n) is 8.18. The van der Waals surface area contributed by atoms with Crippen LogP contribution < -0.4 is 0 Å². The first kappa shape index (κ1) is 13.1. The van der Waals surface area contributed by atoms with Gasteiger partial charge in [-0.05, 0) is 52.5 Å². The molecule has 2 saturated carbocycles. The normalized spacial score (nSPS) is 41.1. The lowest BCUT2D eigenvalue weighted by Crippen LogP contribution is -2.38. The molecule has 2 nitrogen and oxygen atoms in total. The molecule has 24 heavy (non-hydrogen) atoms. The van der Waals surface area contributed by atoms with Gasteiger partial charge in [-0.25, -0.2) is 0 Å². The van der Waals surface area contributed by atoms with Crippen LogP contribution >= 0.6 is 0 Å². The zero-order chi connectivity index (χ0) is 16.2. The fourth-order valence-electron chi connectivity index (χ4n) is 6.23. The third kappa shape index (κ3) is 1.25. The highest BCUT2D eigenvalue weighted by atomic mass is 16.1. The molecule has 4 aliphatic carbocycles. The molecular formula is C22H18O2. The first-order chi connectivity index (χ1) is 11.6. The van der Waals surface area contributed by atoms with E-state index in [1.807, 2.05) is 36.4 Å². The van der Waals surface area contributed by atoms with Crippen molar-refractivity contribution in [1.82, 2.24) is 0 Å². The molecule has 2 bridgehead atoms. The second-order valence-corrected chi connectivity index (χ2v) is 8.18. The molecule has 0 N–H and O–H groups in total. The van der Waals surface area contributed by atoms with Crippen molar-refractivity contribution in [1.29, 1.82) is 0 Å². The Hall–Kier alpha value is -2.22. The summed E-state index contributed by atoms with van der Waals surface area (Å²) in [5.74, 6) is 1.36. The molecule has 0 amide bonds. The van der Waals surface area contributed by atoms with Gasteiger partial charge in [-0.1, -0.05) is 43.3 Å². The standard InChI is InChI=1S/C22H18O2/c1-11-10-22(11)16-6-7-17(22)19-18(16)20(23)14-8-12-4-2-3-5-13(12)9-15(14)21(19)24/h2-9,11,16-19H,10H2,1H3/t11?,16-,17+,18?,19?,22?. The summed E-state index contributed by atoms with van der Waals surface area (Å²) in [6.45, 7) is 2.28. The summed E-state index contributed by atoms with van der Waals surface area (Å²) in [4.78, 5) is 26.6. The Morgan fingerprint density at radius 2 is 1.33 bits per heavy atom. The number of benzene rings is 2. The summed E-state index contributed by atoms with van der Waals surface area (Å²) < 4.78 is 0. The molecule has 2 aromatic carbocycles. The van der Waals surface area contributed by atoms with Crippen LogP contribution in [-0.2, 0) is 0 Å². The van der Waals surface area contributed by atoms with Gasteiger partial charge in [0.15, 0.2) is 11.6 Å². The lowest BCUT2D eigenvalue weighted by Gasteiger charge is -2.31. The predicted octanol–water partition coefficient (Wildman–Crippen LogP) is 4.29. The van der Waals surface area contributed by atoms with Crippen LogP contribution in [-0.4, -0.2) is 11.6 Å². The quantitative estimate of drug-likeness (QED) is 0.680. The highest BCUT2D eigenvalue weighted by Gasteiger charge is 2.73. The fourth-order valence-corrected chi connectivity index (χ4v) is 6.23. The first-order valence-electron chi connectivity index (χ1n) is 8.92. The zero-order valence-electron chi connectivity index (χ0n) is 13.5. The molecule has 2 aromatic rings. The van der Waals surface area contributed by atoms with E-state index in [1.54, 1.807) is 0 Å². The maximum absolute atomic E-state index is 13.3. The lowest BCUT2D eigenvalue weighted by atomic mass is 9.69. The highest BCUT2D eigenvalue weighted by molar-refractivity contribution is 6.19. The minimum atomic E-state index is -0.119. The topological polar surface area (TPSA) is 34.1 Å². The zero-order valence-corrected chi connectivity index (χ0v) is 13.5. The van der Waals surface area contributed by atoms with Gasteiger partial charge >= 0.3 is 0 Å². The average Bonchev–Trinajstić information content (AvgIpc) is 3.03. The number of rotatable bonds is 0. The Labute approximate surface area is 140 Å². The van der Waals surface area contributed by atoms with Gasteiger partial charge in [0, 0.05) is 23.0 Å². The average molecular weight is 314 g/mol. The van der Waals surface area contributed by atoms with E-state index in [2.05, 4.69) is 19.1 Å². The van der Waals surface area contributed by atoms with E-state index in [9.17, 15) is 9.59 Å². The summed E-state index contributed by atoms with van der Waals surface area (Å²) in [7, 11) is 0. The van der Waals surface area contributed by atoms with Gasteiger partial charge in [0.05, 0.1) is 0 Å². The third-order valence-electron chi connectivity index (χ3n) is 7.37. The van der Waals surface area contributed by atoms with Gasteiger partial charge < -0.3 is 0 Å². The van der Waals surface area contributed by atoms with Crippen LogP contribution in [0.25, 0.3) is 10.8 Å². The van der Waals surface area contributed by atoms with Crippen LogP contribution in [0.3, 0.4) is 0 Å². The van der Waals surface area contributed by atoms with Crippen LogP contribution in [0.2, 0.25) is 0 Å². The van der Waals surface area contributed by atoms with E-state index in [0.29, 0.717) is 17.0 Å². The van der Waals surface area contributed by atoms with Crippen molar-refractivity contribution in [3.63, 3.8) is 0 Å². The Bertz CT molecular complexity index is 912. The number of carbonyl (C=O) groups is 2. The summed E-state index contributed by atoms with van der Waals surface area (Å²) in [5.41, 5.74) is 1.52. The Morgan fingerprint density at radius 1 is 0.875 bits per heavy atom. The molecular weight excluding hydrogens is 296 g/mol. The van der Waals surface area contributed by atoms with Crippen molar-refractivity contribution in [2.75, 3.05) is 0 Å². The van der Waals surface area contributed by atoms with E-state index < -0.39 is 0 Å². The van der Waals surface area contributed by atoms with Gasteiger partial charge in [0.25, 0.3) is 0 Å². The van der Waals surface area contributed by atoms with Crippen LogP contribution in [0.15, 0.2) is 48.6 Å². The number of hydrogen-bond donors (Lipinski definition) is 0. The molecule has 0 saturated heterocycles. The molecule has 0 heterocycles. The number of hydrogen-bond acceptors (Lipinski definition) is 2. The van der Waals surface area contributed by atoms with Crippen molar-refractivity contribution >= 4 is 22.3 Å². The van der Waals surface area contributed by atoms with E-state index in [-0.39, 0.29) is 40.7 Å². The smallest absolute Gasteiger partial charge is 0.168 e. The molecule has 1 spiro atoms. The number of ketones is 2. The number of fused-ring (bicyclic) bond motifs is 5. The fraction of sp³-hybridized carbons (Fsp3) is 0.364. The highest BCUT2D eigenvalue weighted by Crippen LogP contribution is 2.76. The monoisotopic (exact) mass is 314 g/mol. The van der Waals surface area contributed by atoms with E-state index >= 15 is 0 Å². The van der Waals surface area contributed by atoms with Crippen LogP contribution in [0.4, 0.5) is 0 Å². The molecule has 0 radical (unpaired) electrons. The lowest BCUT2D eigenvalue weighted by molar-refractivity contribution is 0.0721. The van der Waals surface area contributed by atoms with Gasteiger partial charge in [0.1, 0.15) is 0 Å². The largest absolute Gasteiger partial charge is 0.294 e. The van der Waals surface area contributed by atoms with Crippen LogP contribution in [0.5, 0.6) is 0 Å². The third-order valence-corrected chi connectivity index (χ3v) is 7.37. The maximum atomic E-state index is 13.3. The van der Waals surface area contributed by atoms with E-state index in [0.717, 1.165) is 10.8 Å². The molecule has 2 heteroatoms. The first-order valence-corrected chi connectivity index (χ1v) is 8.92. The van der Waals surface area contributed by atoms with Crippen molar-refractivity contribution in [3.05, 3.63) is 59.7 Å². The predicted molar refractivity (Wildman–Crippen MR) is 91.9 cm³/mol. The molecule has 0 aliphatic heterocycles. The van der Waals surface area contributed by atoms with Crippen molar-refractivity contribution < 1.29 is 9.59 Å². The number of allylic oxidation sites excluding steroid dienone is 2. The second kappa shape index (κ2) is 3.88. The van der Waals surface area contributed by atoms with E-state index in [4.69, 9.17) is 0 Å². The summed E-state index contributed by atoms with van der Waals surface area (Å²) in [6, 6.07) is 11.9. The Morgan fingerprint density at radius 3 is 1.75 bits per heavy atom. The maximum Gasteiger partial charge on any atom is 0.168 e. The SMILES string of the molecule is CC1CC12[C@@H]1C=C[C@H]2C2C(=O)c3cc4ccccc4cc3C(=O)C21. The Kier molecular flexibility index (Phi) is 2.12. The molecule has 118 valence electrons. The summed E-state index contributed by atoms with van der Waals surface area (Å²) in [6.07, 6.45) is 5.65. The summed E-state index contributed by atoms with van der Waals surface area (Å²) in [5, 5.41) is 2.09. The van der Waals surface area contributed by atoms with Gasteiger partial charge in [0.2, 0.25) is 0 Å². The number of carbonyl (C=O) groups excluding carboxylic acids is 2. The molecule has 2 fully saturated rings. The van der Waals surface area contributed by atoms with Crippen LogP contribution in [0.1, 0.15) is 34.1 Å². The van der Waals surface area contributed by atoms with E-state index in [1.165, 1.54) is 6.42 Å². The molecule has 6 rings (SSSR count). The molecule has 6 atom stereocenters. The van der Waals surface area contributed by atoms with Crippen molar-refractivity contribution in [3.8, 4) is 0 Å². The summed E-state index contributed by atoms with van der Waals surface area (Å²) >= 11 is 0. The van der Waals surface area contributed by atoms with Gasteiger partial charge in [-0.2, -0.15) is 0 Å². The molecule has 4 unspecified atom stereocenters. The number of Topliss-reactive ketones (excluding diaryl/α,β-unsaturated/α-hetero) is 2. The van der Waals surface area contributed by atoms with Gasteiger partial charge in [-0.15, -0.1) is 0 Å². The minimum Gasteiger partial charge on any atom is -0.294 e. The molecule has 0 aromatic heterocycles.